The van der Waals surface area contributed by atoms with Gasteiger partial charge in [-0.25, -0.2) is 5.43 Å². The summed E-state index contributed by atoms with van der Waals surface area (Å²) in [6.07, 6.45) is 1.71. The van der Waals surface area contributed by atoms with Gasteiger partial charge in [-0.05, 0) is 32.4 Å². The number of para-hydroxylation sites is 1. The topological polar surface area (TPSA) is 57.2 Å². The predicted molar refractivity (Wildman–Crippen MR) is 93.9 cm³/mol. The minimum Gasteiger partial charge on any atom is -0.360 e. The number of aryl methyl sites for hydroxylation is 2. The average Bonchev–Trinajstić information content (AvgIpc) is 2.96. The highest BCUT2D eigenvalue weighted by molar-refractivity contribution is 6.07. The highest BCUT2D eigenvalue weighted by atomic mass is 16.2. The molecule has 0 saturated carbocycles. The summed E-state index contributed by atoms with van der Waals surface area (Å²) >= 11 is 0. The SMILES string of the molecule is CC(=NNC(=O)c1c[nH]c2ccccc12)c1ccc(C)cc1C. The fourth-order valence-corrected chi connectivity index (χ4v) is 2.73. The van der Waals surface area contributed by atoms with Crippen LogP contribution in [0.25, 0.3) is 10.9 Å². The third kappa shape index (κ3) is 3.01. The van der Waals surface area contributed by atoms with E-state index in [1.807, 2.05) is 50.2 Å². The van der Waals surface area contributed by atoms with Crippen molar-refractivity contribution in [2.75, 3.05) is 0 Å². The zero-order valence-corrected chi connectivity index (χ0v) is 13.5. The number of nitrogens with zero attached hydrogens (tertiary/aromatic N) is 1. The molecule has 116 valence electrons. The van der Waals surface area contributed by atoms with Gasteiger partial charge in [-0.2, -0.15) is 5.10 Å². The summed E-state index contributed by atoms with van der Waals surface area (Å²) in [7, 11) is 0. The van der Waals surface area contributed by atoms with E-state index in [0.29, 0.717) is 5.56 Å². The van der Waals surface area contributed by atoms with Gasteiger partial charge in [0.05, 0.1) is 11.3 Å². The van der Waals surface area contributed by atoms with Crippen molar-refractivity contribution in [3.8, 4) is 0 Å². The zero-order chi connectivity index (χ0) is 16.4. The second-order valence-electron chi connectivity index (χ2n) is 5.70. The Balaban J connectivity index is 1.82. The van der Waals surface area contributed by atoms with Crippen LogP contribution in [-0.2, 0) is 0 Å². The maximum Gasteiger partial charge on any atom is 0.273 e. The average molecular weight is 305 g/mol. The molecule has 3 aromatic rings. The zero-order valence-electron chi connectivity index (χ0n) is 13.5. The molecule has 0 unspecified atom stereocenters. The van der Waals surface area contributed by atoms with E-state index in [-0.39, 0.29) is 5.91 Å². The molecule has 0 radical (unpaired) electrons. The van der Waals surface area contributed by atoms with Crippen molar-refractivity contribution >= 4 is 22.5 Å². The molecule has 0 aliphatic carbocycles. The van der Waals surface area contributed by atoms with Gasteiger partial charge in [-0.3, -0.25) is 4.79 Å². The Hall–Kier alpha value is -2.88. The van der Waals surface area contributed by atoms with Crippen molar-refractivity contribution in [3.63, 3.8) is 0 Å². The van der Waals surface area contributed by atoms with Crippen LogP contribution in [0.5, 0.6) is 0 Å². The first-order valence-electron chi connectivity index (χ1n) is 7.54. The molecule has 1 amide bonds. The largest absolute Gasteiger partial charge is 0.360 e. The molecular formula is C19H19N3O. The van der Waals surface area contributed by atoms with Gasteiger partial charge in [0.1, 0.15) is 0 Å². The third-order valence-electron chi connectivity index (χ3n) is 3.93. The Kier molecular flexibility index (Phi) is 3.98. The van der Waals surface area contributed by atoms with Crippen LogP contribution < -0.4 is 5.43 Å². The van der Waals surface area contributed by atoms with Crippen molar-refractivity contribution in [2.24, 2.45) is 5.10 Å². The van der Waals surface area contributed by atoms with E-state index < -0.39 is 0 Å². The smallest absolute Gasteiger partial charge is 0.273 e. The number of aromatic nitrogens is 1. The molecule has 0 aliphatic rings. The van der Waals surface area contributed by atoms with Gasteiger partial charge < -0.3 is 4.98 Å². The number of hydrogen-bond acceptors (Lipinski definition) is 2. The summed E-state index contributed by atoms with van der Waals surface area (Å²) in [4.78, 5) is 15.5. The van der Waals surface area contributed by atoms with Gasteiger partial charge in [-0.1, -0.05) is 42.0 Å². The first-order valence-corrected chi connectivity index (χ1v) is 7.54. The number of hydrazone groups is 1. The van der Waals surface area contributed by atoms with E-state index >= 15 is 0 Å². The predicted octanol–water partition coefficient (Wildman–Crippen LogP) is 3.94. The van der Waals surface area contributed by atoms with E-state index in [2.05, 4.69) is 28.5 Å². The van der Waals surface area contributed by atoms with Crippen LogP contribution in [0.4, 0.5) is 0 Å². The second kappa shape index (κ2) is 6.08. The van der Waals surface area contributed by atoms with Crippen molar-refractivity contribution in [2.45, 2.75) is 20.8 Å². The van der Waals surface area contributed by atoms with Crippen LogP contribution >= 0.6 is 0 Å². The van der Waals surface area contributed by atoms with E-state index in [1.54, 1.807) is 6.20 Å². The number of rotatable bonds is 3. The monoisotopic (exact) mass is 305 g/mol. The van der Waals surface area contributed by atoms with Gasteiger partial charge in [0, 0.05) is 22.7 Å². The van der Waals surface area contributed by atoms with Gasteiger partial charge >= 0.3 is 0 Å². The minimum absolute atomic E-state index is 0.216. The number of carbonyl (C=O) groups is 1. The second-order valence-corrected chi connectivity index (χ2v) is 5.70. The number of carbonyl (C=O) groups excluding carboxylic acids is 1. The molecule has 3 rings (SSSR count). The quantitative estimate of drug-likeness (QED) is 0.559. The lowest BCUT2D eigenvalue weighted by Gasteiger charge is -2.07. The van der Waals surface area contributed by atoms with E-state index in [9.17, 15) is 4.79 Å². The van der Waals surface area contributed by atoms with Gasteiger partial charge in [0.2, 0.25) is 0 Å². The number of amides is 1. The molecule has 4 heteroatoms. The Bertz CT molecular complexity index is 906. The third-order valence-corrected chi connectivity index (χ3v) is 3.93. The highest BCUT2D eigenvalue weighted by Gasteiger charge is 2.11. The first kappa shape index (κ1) is 15.0. The Morgan fingerprint density at radius 3 is 2.65 bits per heavy atom. The molecule has 0 fully saturated rings. The maximum absolute atomic E-state index is 12.4. The lowest BCUT2D eigenvalue weighted by atomic mass is 10.0. The molecule has 0 spiro atoms. The molecule has 1 aromatic heterocycles. The molecule has 1 heterocycles. The van der Waals surface area contributed by atoms with Crippen LogP contribution in [0.1, 0.15) is 34.0 Å². The van der Waals surface area contributed by atoms with Crippen molar-refractivity contribution in [1.82, 2.24) is 10.4 Å². The molecule has 0 aliphatic heterocycles. The maximum atomic E-state index is 12.4. The number of fused-ring (bicyclic) bond motifs is 1. The summed E-state index contributed by atoms with van der Waals surface area (Å²) in [5.41, 5.74) is 8.36. The Morgan fingerprint density at radius 1 is 1.09 bits per heavy atom. The molecule has 0 bridgehead atoms. The minimum atomic E-state index is -0.216. The van der Waals surface area contributed by atoms with Crippen LogP contribution in [0.2, 0.25) is 0 Å². The fourth-order valence-electron chi connectivity index (χ4n) is 2.73. The summed E-state index contributed by atoms with van der Waals surface area (Å²) in [5, 5.41) is 5.14. The summed E-state index contributed by atoms with van der Waals surface area (Å²) in [6, 6.07) is 13.9. The summed E-state index contributed by atoms with van der Waals surface area (Å²) in [5.74, 6) is -0.216. The van der Waals surface area contributed by atoms with Gasteiger partial charge in [0.25, 0.3) is 5.91 Å². The van der Waals surface area contributed by atoms with E-state index in [1.165, 1.54) is 5.56 Å². The Morgan fingerprint density at radius 2 is 1.87 bits per heavy atom. The van der Waals surface area contributed by atoms with Crippen molar-refractivity contribution in [3.05, 3.63) is 70.9 Å². The van der Waals surface area contributed by atoms with Gasteiger partial charge in [-0.15, -0.1) is 0 Å². The number of hydrogen-bond donors (Lipinski definition) is 2. The molecule has 2 N–H and O–H groups in total. The molecule has 2 aromatic carbocycles. The normalized spacial score (nSPS) is 11.7. The summed E-state index contributed by atoms with van der Waals surface area (Å²) in [6.45, 7) is 6.00. The molecule has 4 nitrogen and oxygen atoms in total. The highest BCUT2D eigenvalue weighted by Crippen LogP contribution is 2.17. The number of aromatic amines is 1. The van der Waals surface area contributed by atoms with Crippen LogP contribution in [0, 0.1) is 13.8 Å². The first-order chi connectivity index (χ1) is 11.1. The molecular weight excluding hydrogens is 286 g/mol. The standard InChI is InChI=1S/C19H19N3O/c1-12-8-9-15(13(2)10-12)14(3)21-22-19(23)17-11-20-18-7-5-4-6-16(17)18/h4-11,20H,1-3H3,(H,22,23). The van der Waals surface area contributed by atoms with Gasteiger partial charge in [0.15, 0.2) is 0 Å². The van der Waals surface area contributed by atoms with E-state index in [0.717, 1.165) is 27.7 Å². The number of benzene rings is 2. The molecule has 0 saturated heterocycles. The van der Waals surface area contributed by atoms with Crippen LogP contribution in [-0.4, -0.2) is 16.6 Å². The summed E-state index contributed by atoms with van der Waals surface area (Å²) < 4.78 is 0. The molecule has 0 atom stereocenters. The fraction of sp³-hybridized carbons (Fsp3) is 0.158. The van der Waals surface area contributed by atoms with Crippen molar-refractivity contribution < 1.29 is 4.79 Å². The van der Waals surface area contributed by atoms with Crippen molar-refractivity contribution in [1.29, 1.82) is 0 Å². The number of H-pyrrole nitrogens is 1. The number of nitrogens with one attached hydrogen (secondary N) is 2. The van der Waals surface area contributed by atoms with Crippen LogP contribution in [0.3, 0.4) is 0 Å². The molecule has 23 heavy (non-hydrogen) atoms. The van der Waals surface area contributed by atoms with E-state index in [4.69, 9.17) is 0 Å². The Labute approximate surface area is 135 Å². The van der Waals surface area contributed by atoms with Crippen LogP contribution in [0.15, 0.2) is 53.8 Å². The lowest BCUT2D eigenvalue weighted by molar-refractivity contribution is 0.0956. The lowest BCUT2D eigenvalue weighted by Crippen LogP contribution is -2.19.